The third kappa shape index (κ3) is 2.70. The molecule has 110 valence electrons. The quantitative estimate of drug-likeness (QED) is 0.855. The van der Waals surface area contributed by atoms with Gasteiger partial charge < -0.3 is 10.6 Å². The van der Waals surface area contributed by atoms with E-state index < -0.39 is 0 Å². The number of benzene rings is 1. The summed E-state index contributed by atoms with van der Waals surface area (Å²) in [6.45, 7) is 7.17. The number of nitrogens with zero attached hydrogens (tertiary/aromatic N) is 2. The van der Waals surface area contributed by atoms with Crippen LogP contribution in [0.2, 0.25) is 0 Å². The summed E-state index contributed by atoms with van der Waals surface area (Å²) in [7, 11) is 2.26. The normalized spacial score (nSPS) is 26.6. The lowest BCUT2D eigenvalue weighted by Gasteiger charge is -2.40. The van der Waals surface area contributed by atoms with E-state index in [4.69, 9.17) is 5.73 Å². The predicted octanol–water partition coefficient (Wildman–Crippen LogP) is 2.33. The Morgan fingerprint density at radius 2 is 1.90 bits per heavy atom. The Hall–Kier alpha value is -1.06. The van der Waals surface area contributed by atoms with Crippen LogP contribution in [0.1, 0.15) is 31.7 Å². The molecule has 1 unspecified atom stereocenters. The molecule has 1 heterocycles. The van der Waals surface area contributed by atoms with Gasteiger partial charge in [0.1, 0.15) is 0 Å². The molecule has 2 aliphatic rings. The van der Waals surface area contributed by atoms with E-state index in [-0.39, 0.29) is 0 Å². The molecule has 1 atom stereocenters. The first kappa shape index (κ1) is 13.9. The van der Waals surface area contributed by atoms with E-state index in [1.807, 2.05) is 12.1 Å². The van der Waals surface area contributed by atoms with Gasteiger partial charge in [-0.15, -0.1) is 0 Å². The summed E-state index contributed by atoms with van der Waals surface area (Å²) in [6.07, 6.45) is 3.92. The molecule has 1 saturated carbocycles. The van der Waals surface area contributed by atoms with E-state index in [0.29, 0.717) is 5.41 Å². The van der Waals surface area contributed by atoms with Gasteiger partial charge in [0.25, 0.3) is 0 Å². The van der Waals surface area contributed by atoms with E-state index in [2.05, 4.69) is 35.9 Å². The van der Waals surface area contributed by atoms with Gasteiger partial charge in [-0.2, -0.15) is 0 Å². The predicted molar refractivity (Wildman–Crippen MR) is 84.9 cm³/mol. The zero-order valence-corrected chi connectivity index (χ0v) is 12.8. The third-order valence-electron chi connectivity index (χ3n) is 5.24. The summed E-state index contributed by atoms with van der Waals surface area (Å²) in [4.78, 5) is 5.19. The number of nitrogens with two attached hydrogens (primary N) is 1. The smallest absolute Gasteiger partial charge is 0.0314 e. The molecule has 1 aromatic rings. The standard InChI is InChI=1S/C17H27N3/c1-3-16-12-20(11-10-19(16)2)13-17(8-9-17)14-4-6-15(18)7-5-14/h4-7,16H,3,8-13,18H2,1-2H3. The van der Waals surface area contributed by atoms with Crippen LogP contribution in [0, 0.1) is 0 Å². The van der Waals surface area contributed by atoms with Gasteiger partial charge >= 0.3 is 0 Å². The number of piperazine rings is 1. The number of nitrogen functional groups attached to an aromatic ring is 1. The highest BCUT2D eigenvalue weighted by Crippen LogP contribution is 2.49. The molecule has 3 rings (SSSR count). The minimum atomic E-state index is 0.419. The van der Waals surface area contributed by atoms with Gasteiger partial charge in [0, 0.05) is 43.3 Å². The lowest BCUT2D eigenvalue weighted by molar-refractivity contribution is 0.0864. The van der Waals surface area contributed by atoms with Crippen molar-refractivity contribution in [1.82, 2.24) is 9.80 Å². The number of hydrogen-bond acceptors (Lipinski definition) is 3. The maximum absolute atomic E-state index is 5.81. The van der Waals surface area contributed by atoms with E-state index >= 15 is 0 Å². The second-order valence-corrected chi connectivity index (χ2v) is 6.68. The van der Waals surface area contributed by atoms with Crippen LogP contribution in [-0.4, -0.2) is 49.1 Å². The fourth-order valence-corrected chi connectivity index (χ4v) is 3.55. The van der Waals surface area contributed by atoms with Crippen molar-refractivity contribution < 1.29 is 0 Å². The molecule has 0 amide bonds. The van der Waals surface area contributed by atoms with E-state index in [0.717, 1.165) is 11.7 Å². The fraction of sp³-hybridized carbons (Fsp3) is 0.647. The Morgan fingerprint density at radius 1 is 1.20 bits per heavy atom. The van der Waals surface area contributed by atoms with Crippen molar-refractivity contribution in [3.05, 3.63) is 29.8 Å². The molecule has 0 spiro atoms. The maximum atomic E-state index is 5.81. The minimum absolute atomic E-state index is 0.419. The van der Waals surface area contributed by atoms with E-state index in [9.17, 15) is 0 Å². The second-order valence-electron chi connectivity index (χ2n) is 6.68. The zero-order chi connectivity index (χ0) is 14.2. The molecule has 1 aliphatic heterocycles. The Labute approximate surface area is 122 Å². The fourth-order valence-electron chi connectivity index (χ4n) is 3.55. The van der Waals surface area contributed by atoms with E-state index in [1.165, 1.54) is 51.0 Å². The highest BCUT2D eigenvalue weighted by molar-refractivity contribution is 5.43. The molecule has 3 nitrogen and oxygen atoms in total. The molecule has 0 radical (unpaired) electrons. The van der Waals surface area contributed by atoms with Crippen LogP contribution in [0.25, 0.3) is 0 Å². The van der Waals surface area contributed by atoms with Gasteiger partial charge in [-0.05, 0) is 44.0 Å². The molecule has 1 aliphatic carbocycles. The lowest BCUT2D eigenvalue weighted by Crippen LogP contribution is -2.52. The van der Waals surface area contributed by atoms with Crippen molar-refractivity contribution in [2.75, 3.05) is 39.0 Å². The molecular formula is C17H27N3. The Bertz CT molecular complexity index is 450. The summed E-state index contributed by atoms with van der Waals surface area (Å²) < 4.78 is 0. The number of likely N-dealkylation sites (N-methyl/N-ethyl adjacent to an activating group) is 1. The van der Waals surface area contributed by atoms with Gasteiger partial charge in [-0.25, -0.2) is 0 Å². The first-order valence-corrected chi connectivity index (χ1v) is 7.91. The molecule has 1 aromatic carbocycles. The van der Waals surface area contributed by atoms with Gasteiger partial charge in [-0.3, -0.25) is 4.90 Å². The Morgan fingerprint density at radius 3 is 2.50 bits per heavy atom. The highest BCUT2D eigenvalue weighted by atomic mass is 15.3. The van der Waals surface area contributed by atoms with Crippen molar-refractivity contribution in [1.29, 1.82) is 0 Å². The molecule has 20 heavy (non-hydrogen) atoms. The summed E-state index contributed by atoms with van der Waals surface area (Å²) in [6, 6.07) is 9.29. The van der Waals surface area contributed by atoms with Crippen LogP contribution in [0.3, 0.4) is 0 Å². The summed E-state index contributed by atoms with van der Waals surface area (Å²) in [5.74, 6) is 0. The van der Waals surface area contributed by atoms with Gasteiger partial charge in [0.2, 0.25) is 0 Å². The number of rotatable bonds is 4. The molecule has 0 aromatic heterocycles. The van der Waals surface area contributed by atoms with Crippen molar-refractivity contribution in [3.8, 4) is 0 Å². The lowest BCUT2D eigenvalue weighted by atomic mass is 9.94. The van der Waals surface area contributed by atoms with E-state index in [1.54, 1.807) is 0 Å². The van der Waals surface area contributed by atoms with Crippen LogP contribution in [0.5, 0.6) is 0 Å². The number of hydrogen-bond donors (Lipinski definition) is 1. The van der Waals surface area contributed by atoms with Crippen molar-refractivity contribution in [2.24, 2.45) is 0 Å². The third-order valence-corrected chi connectivity index (χ3v) is 5.24. The molecule has 2 N–H and O–H groups in total. The largest absolute Gasteiger partial charge is 0.399 e. The molecule has 1 saturated heterocycles. The molecule has 0 bridgehead atoms. The number of anilines is 1. The monoisotopic (exact) mass is 273 g/mol. The van der Waals surface area contributed by atoms with Crippen LogP contribution < -0.4 is 5.73 Å². The maximum Gasteiger partial charge on any atom is 0.0314 e. The average Bonchev–Trinajstić information content (AvgIpc) is 3.22. The van der Waals surface area contributed by atoms with Gasteiger partial charge in [-0.1, -0.05) is 19.1 Å². The van der Waals surface area contributed by atoms with Crippen LogP contribution in [0.4, 0.5) is 5.69 Å². The molecule has 3 heteroatoms. The zero-order valence-electron chi connectivity index (χ0n) is 12.8. The van der Waals surface area contributed by atoms with Gasteiger partial charge in [0.05, 0.1) is 0 Å². The highest BCUT2D eigenvalue weighted by Gasteiger charge is 2.45. The van der Waals surface area contributed by atoms with Crippen molar-refractivity contribution >= 4 is 5.69 Å². The van der Waals surface area contributed by atoms with Crippen molar-refractivity contribution in [2.45, 2.75) is 37.6 Å². The SMILES string of the molecule is CCC1CN(CC2(c3ccc(N)cc3)CC2)CCN1C. The summed E-state index contributed by atoms with van der Waals surface area (Å²) in [5, 5.41) is 0. The van der Waals surface area contributed by atoms with Crippen molar-refractivity contribution in [3.63, 3.8) is 0 Å². The minimum Gasteiger partial charge on any atom is -0.399 e. The second kappa shape index (κ2) is 5.38. The van der Waals surface area contributed by atoms with Gasteiger partial charge in [0.15, 0.2) is 0 Å². The molecule has 2 fully saturated rings. The molecular weight excluding hydrogens is 246 g/mol. The Kier molecular flexibility index (Phi) is 3.74. The first-order valence-electron chi connectivity index (χ1n) is 7.91. The van der Waals surface area contributed by atoms with Crippen LogP contribution in [-0.2, 0) is 5.41 Å². The first-order chi connectivity index (χ1) is 9.63. The topological polar surface area (TPSA) is 32.5 Å². The Balaban J connectivity index is 1.67. The summed E-state index contributed by atoms with van der Waals surface area (Å²) >= 11 is 0. The average molecular weight is 273 g/mol. The summed E-state index contributed by atoms with van der Waals surface area (Å²) in [5.41, 5.74) is 8.58. The van der Waals surface area contributed by atoms with Crippen LogP contribution in [0.15, 0.2) is 24.3 Å². The van der Waals surface area contributed by atoms with Crippen LogP contribution >= 0.6 is 0 Å².